The first-order valence-electron chi connectivity index (χ1n) is 8.23. The molecule has 0 saturated heterocycles. The van der Waals surface area contributed by atoms with Crippen LogP contribution in [0.5, 0.6) is 11.6 Å². The Morgan fingerprint density at radius 2 is 2.00 bits per heavy atom. The van der Waals surface area contributed by atoms with E-state index >= 15 is 0 Å². The van der Waals surface area contributed by atoms with Crippen LogP contribution in [0, 0.1) is 13.8 Å². The molecule has 0 saturated carbocycles. The molecule has 0 aliphatic heterocycles. The molecule has 1 aromatic carbocycles. The highest BCUT2D eigenvalue weighted by Gasteiger charge is 2.04. The third kappa shape index (κ3) is 7.17. The number of hydrogen-bond acceptors (Lipinski definition) is 4. The summed E-state index contributed by atoms with van der Waals surface area (Å²) in [4.78, 5) is 8.59. The van der Waals surface area contributed by atoms with Gasteiger partial charge in [-0.1, -0.05) is 6.07 Å². The molecule has 0 aliphatic rings. The Bertz CT molecular complexity index is 737. The lowest BCUT2D eigenvalue weighted by atomic mass is 10.1. The molecule has 2 aromatic rings. The molecule has 142 valence electrons. The molecule has 26 heavy (non-hydrogen) atoms. The molecule has 1 unspecified atom stereocenters. The third-order valence-electron chi connectivity index (χ3n) is 3.74. The van der Waals surface area contributed by atoms with Gasteiger partial charge in [0, 0.05) is 25.4 Å². The van der Waals surface area contributed by atoms with E-state index in [0.29, 0.717) is 25.0 Å². The number of methoxy groups -OCH3 is 1. The predicted octanol–water partition coefficient (Wildman–Crippen LogP) is 3.55. The van der Waals surface area contributed by atoms with Gasteiger partial charge in [-0.05, 0) is 55.7 Å². The number of aliphatic imine (C=N–C) groups is 1. The number of rotatable bonds is 7. The smallest absolute Gasteiger partial charge is 0.219 e. The van der Waals surface area contributed by atoms with Gasteiger partial charge in [-0.3, -0.25) is 0 Å². The topological polar surface area (TPSA) is 81.8 Å². The average Bonchev–Trinajstić information content (AvgIpc) is 2.57. The van der Waals surface area contributed by atoms with Gasteiger partial charge >= 0.3 is 0 Å². The normalized spacial score (nSPS) is 12.2. The Morgan fingerprint density at radius 1 is 1.23 bits per heavy atom. The van der Waals surface area contributed by atoms with Crippen LogP contribution in [0.1, 0.15) is 23.6 Å². The molecular formula is C19H27IN4O2. The van der Waals surface area contributed by atoms with Gasteiger partial charge in [0.25, 0.3) is 0 Å². The summed E-state index contributed by atoms with van der Waals surface area (Å²) in [6.07, 6.45) is 1.71. The summed E-state index contributed by atoms with van der Waals surface area (Å²) in [6.45, 7) is 7.13. The number of ether oxygens (including phenoxy) is 2. The average molecular weight is 470 g/mol. The van der Waals surface area contributed by atoms with Crippen LogP contribution in [-0.2, 0) is 11.3 Å². The van der Waals surface area contributed by atoms with Crippen LogP contribution in [0.15, 0.2) is 41.5 Å². The molecule has 2 rings (SSSR count). The monoisotopic (exact) mass is 470 g/mol. The zero-order chi connectivity index (χ0) is 18.2. The second-order valence-corrected chi connectivity index (χ2v) is 6.05. The van der Waals surface area contributed by atoms with Crippen LogP contribution in [0.3, 0.4) is 0 Å². The van der Waals surface area contributed by atoms with E-state index in [1.165, 1.54) is 11.1 Å². The van der Waals surface area contributed by atoms with E-state index in [1.54, 1.807) is 13.3 Å². The quantitative estimate of drug-likeness (QED) is 0.368. The highest BCUT2D eigenvalue weighted by atomic mass is 127. The summed E-state index contributed by atoms with van der Waals surface area (Å²) in [6, 6.07) is 9.84. The van der Waals surface area contributed by atoms with Crippen molar-refractivity contribution in [2.45, 2.75) is 33.4 Å². The molecule has 7 heteroatoms. The van der Waals surface area contributed by atoms with E-state index in [9.17, 15) is 0 Å². The van der Waals surface area contributed by atoms with Gasteiger partial charge in [0.2, 0.25) is 5.88 Å². The minimum absolute atomic E-state index is 0. The van der Waals surface area contributed by atoms with Gasteiger partial charge in [0.05, 0.1) is 13.2 Å². The lowest BCUT2D eigenvalue weighted by molar-refractivity contribution is 0.179. The van der Waals surface area contributed by atoms with Gasteiger partial charge in [0.15, 0.2) is 5.96 Å². The summed E-state index contributed by atoms with van der Waals surface area (Å²) >= 11 is 0. The van der Waals surface area contributed by atoms with Crippen molar-refractivity contribution < 1.29 is 9.47 Å². The van der Waals surface area contributed by atoms with Gasteiger partial charge in [0.1, 0.15) is 5.75 Å². The molecule has 0 spiro atoms. The van der Waals surface area contributed by atoms with E-state index in [1.807, 2.05) is 37.3 Å². The van der Waals surface area contributed by atoms with E-state index in [-0.39, 0.29) is 30.0 Å². The highest BCUT2D eigenvalue weighted by Crippen LogP contribution is 2.22. The summed E-state index contributed by atoms with van der Waals surface area (Å²) < 4.78 is 10.9. The number of nitrogens with one attached hydrogen (secondary N) is 1. The van der Waals surface area contributed by atoms with Gasteiger partial charge in [-0.25, -0.2) is 9.98 Å². The summed E-state index contributed by atoms with van der Waals surface area (Å²) in [7, 11) is 1.65. The van der Waals surface area contributed by atoms with Gasteiger partial charge in [-0.15, -0.1) is 24.0 Å². The Labute approximate surface area is 172 Å². The van der Waals surface area contributed by atoms with Gasteiger partial charge in [-0.2, -0.15) is 0 Å². The first-order valence-corrected chi connectivity index (χ1v) is 8.23. The van der Waals surface area contributed by atoms with Crippen molar-refractivity contribution in [3.63, 3.8) is 0 Å². The van der Waals surface area contributed by atoms with Crippen molar-refractivity contribution in [2.75, 3.05) is 13.7 Å². The van der Waals surface area contributed by atoms with Crippen LogP contribution < -0.4 is 15.8 Å². The first-order chi connectivity index (χ1) is 12.0. The number of aromatic nitrogens is 1. The van der Waals surface area contributed by atoms with Crippen LogP contribution in [0.4, 0.5) is 0 Å². The van der Waals surface area contributed by atoms with Crippen molar-refractivity contribution in [2.24, 2.45) is 10.7 Å². The molecular weight excluding hydrogens is 443 g/mol. The summed E-state index contributed by atoms with van der Waals surface area (Å²) in [5.74, 6) is 1.69. The maximum absolute atomic E-state index is 5.88. The van der Waals surface area contributed by atoms with Crippen LogP contribution in [0.2, 0.25) is 0 Å². The van der Waals surface area contributed by atoms with Crippen molar-refractivity contribution in [3.8, 4) is 11.6 Å². The lowest BCUT2D eigenvalue weighted by Crippen LogP contribution is -2.40. The first kappa shape index (κ1) is 22.2. The van der Waals surface area contributed by atoms with Crippen molar-refractivity contribution in [3.05, 3.63) is 53.2 Å². The number of nitrogens with zero attached hydrogens (tertiary/aromatic N) is 2. The second-order valence-electron chi connectivity index (χ2n) is 6.05. The molecule has 6 nitrogen and oxygen atoms in total. The molecule has 0 aliphatic carbocycles. The minimum Gasteiger partial charge on any atom is -0.439 e. The fourth-order valence-corrected chi connectivity index (χ4v) is 2.27. The molecule has 0 bridgehead atoms. The van der Waals surface area contributed by atoms with E-state index in [4.69, 9.17) is 15.2 Å². The molecule has 0 fully saturated rings. The highest BCUT2D eigenvalue weighted by molar-refractivity contribution is 14.0. The number of aryl methyl sites for hydroxylation is 2. The maximum Gasteiger partial charge on any atom is 0.219 e. The fraction of sp³-hybridized carbons (Fsp3) is 0.368. The molecule has 3 N–H and O–H groups in total. The number of pyridine rings is 1. The minimum atomic E-state index is 0. The number of nitrogens with two attached hydrogens (primary N) is 1. The number of hydrogen-bond donors (Lipinski definition) is 2. The zero-order valence-electron chi connectivity index (χ0n) is 15.7. The number of halogens is 1. The van der Waals surface area contributed by atoms with Crippen molar-refractivity contribution >= 4 is 29.9 Å². The lowest BCUT2D eigenvalue weighted by Gasteiger charge is -2.13. The molecule has 1 aromatic heterocycles. The van der Waals surface area contributed by atoms with Crippen LogP contribution in [-0.4, -0.2) is 30.7 Å². The Morgan fingerprint density at radius 3 is 2.69 bits per heavy atom. The number of benzene rings is 1. The predicted molar refractivity (Wildman–Crippen MR) is 115 cm³/mol. The third-order valence-corrected chi connectivity index (χ3v) is 3.74. The van der Waals surface area contributed by atoms with Gasteiger partial charge < -0.3 is 20.5 Å². The maximum atomic E-state index is 5.88. The van der Waals surface area contributed by atoms with Crippen LogP contribution >= 0.6 is 24.0 Å². The van der Waals surface area contributed by atoms with E-state index < -0.39 is 0 Å². The Kier molecular flexibility index (Phi) is 9.36. The zero-order valence-corrected chi connectivity index (χ0v) is 18.0. The largest absolute Gasteiger partial charge is 0.439 e. The standard InChI is InChI=1S/C19H26N4O2.HI/c1-13-5-6-17(9-14(13)2)25-18-10-16(7-8-21-18)11-22-19(20)23-15(3)12-24-4;/h5-10,15H,11-12H2,1-4H3,(H3,20,22,23);1H. The molecule has 0 amide bonds. The van der Waals surface area contributed by atoms with Crippen molar-refractivity contribution in [1.82, 2.24) is 10.3 Å². The summed E-state index contributed by atoms with van der Waals surface area (Å²) in [5, 5.41) is 3.07. The van der Waals surface area contributed by atoms with E-state index in [2.05, 4.69) is 29.1 Å². The van der Waals surface area contributed by atoms with Crippen LogP contribution in [0.25, 0.3) is 0 Å². The number of guanidine groups is 1. The fourth-order valence-electron chi connectivity index (χ4n) is 2.27. The van der Waals surface area contributed by atoms with Crippen molar-refractivity contribution in [1.29, 1.82) is 0 Å². The second kappa shape index (κ2) is 11.0. The Hall–Kier alpha value is -1.87. The summed E-state index contributed by atoms with van der Waals surface area (Å²) in [5.41, 5.74) is 9.27. The molecule has 0 radical (unpaired) electrons. The molecule has 1 atom stereocenters. The van der Waals surface area contributed by atoms with E-state index in [0.717, 1.165) is 11.3 Å². The SMILES string of the molecule is COCC(C)NC(N)=NCc1ccnc(Oc2ccc(C)c(C)c2)c1.I. The Balaban J connectivity index is 0.00000338. The molecule has 1 heterocycles.